The molecule has 0 radical (unpaired) electrons. The standard InChI is InChI=1S/C23H28BBr2N3O/c1-13-10-21(28-7-4-16(5-8-28)6-9-30)22-14(2)15(3)29(23(22)27-13)20-12-18(25)17(24)11-19(20)26/h10-12,16,30H,4-9,24H2,1-3H3. The first-order chi connectivity index (χ1) is 14.3. The molecule has 1 saturated heterocycles. The van der Waals surface area contributed by atoms with Gasteiger partial charge in [-0.15, -0.1) is 0 Å². The molecule has 3 aromatic rings. The molecule has 3 heterocycles. The van der Waals surface area contributed by atoms with Crippen LogP contribution in [0.1, 0.15) is 36.2 Å². The summed E-state index contributed by atoms with van der Waals surface area (Å²) in [5.74, 6) is 0.637. The van der Waals surface area contributed by atoms with Crippen molar-refractivity contribution in [3.63, 3.8) is 0 Å². The van der Waals surface area contributed by atoms with Crippen molar-refractivity contribution >= 4 is 61.9 Å². The van der Waals surface area contributed by atoms with Gasteiger partial charge in [0.1, 0.15) is 13.5 Å². The Bertz CT molecular complexity index is 1100. The number of hydrogen-bond donors (Lipinski definition) is 1. The molecule has 4 rings (SSSR count). The summed E-state index contributed by atoms with van der Waals surface area (Å²) in [4.78, 5) is 7.51. The van der Waals surface area contributed by atoms with Gasteiger partial charge in [0.2, 0.25) is 0 Å². The number of halogens is 2. The Balaban J connectivity index is 1.87. The minimum Gasteiger partial charge on any atom is -0.396 e. The summed E-state index contributed by atoms with van der Waals surface area (Å²) in [6.07, 6.45) is 3.20. The van der Waals surface area contributed by atoms with Gasteiger partial charge in [0.05, 0.1) is 5.69 Å². The van der Waals surface area contributed by atoms with Gasteiger partial charge in [0.25, 0.3) is 0 Å². The topological polar surface area (TPSA) is 41.3 Å². The number of aliphatic hydroxyl groups excluding tert-OH is 1. The number of benzene rings is 1. The number of pyridine rings is 1. The molecule has 2 aromatic heterocycles. The second-order valence-corrected chi connectivity index (χ2v) is 10.2. The molecule has 1 N–H and O–H groups in total. The maximum atomic E-state index is 9.28. The van der Waals surface area contributed by atoms with Gasteiger partial charge in [0.15, 0.2) is 0 Å². The van der Waals surface area contributed by atoms with Crippen LogP contribution < -0.4 is 10.4 Å². The number of aryl methyl sites for hydroxylation is 2. The lowest BCUT2D eigenvalue weighted by molar-refractivity contribution is 0.240. The summed E-state index contributed by atoms with van der Waals surface area (Å²) < 4.78 is 4.45. The lowest BCUT2D eigenvalue weighted by Gasteiger charge is -2.34. The highest BCUT2D eigenvalue weighted by atomic mass is 79.9. The lowest BCUT2D eigenvalue weighted by atomic mass is 9.93. The van der Waals surface area contributed by atoms with Crippen molar-refractivity contribution in [2.45, 2.75) is 40.0 Å². The molecular weight excluding hydrogens is 505 g/mol. The van der Waals surface area contributed by atoms with E-state index in [1.54, 1.807) is 0 Å². The Morgan fingerprint density at radius 3 is 2.43 bits per heavy atom. The van der Waals surface area contributed by atoms with Gasteiger partial charge in [-0.1, -0.05) is 27.5 Å². The molecule has 1 aromatic carbocycles. The van der Waals surface area contributed by atoms with Crippen LogP contribution in [0.2, 0.25) is 0 Å². The molecule has 1 aliphatic heterocycles. The summed E-state index contributed by atoms with van der Waals surface area (Å²) in [7, 11) is 2.10. The van der Waals surface area contributed by atoms with E-state index < -0.39 is 0 Å². The van der Waals surface area contributed by atoms with E-state index in [1.807, 2.05) is 0 Å². The zero-order chi connectivity index (χ0) is 21.6. The molecule has 0 amide bonds. The number of rotatable bonds is 4. The average molecular weight is 533 g/mol. The monoisotopic (exact) mass is 531 g/mol. The number of aliphatic hydroxyl groups is 1. The molecule has 0 unspecified atom stereocenters. The molecule has 4 nitrogen and oxygen atoms in total. The number of anilines is 1. The van der Waals surface area contributed by atoms with Gasteiger partial charge < -0.3 is 10.0 Å². The highest BCUT2D eigenvalue weighted by Gasteiger charge is 2.25. The van der Waals surface area contributed by atoms with Gasteiger partial charge in [-0.25, -0.2) is 4.98 Å². The molecule has 0 aliphatic carbocycles. The Hall–Kier alpha value is -1.31. The lowest BCUT2D eigenvalue weighted by Crippen LogP contribution is -2.34. The van der Waals surface area contributed by atoms with Gasteiger partial charge in [0, 0.05) is 51.1 Å². The fourth-order valence-corrected chi connectivity index (χ4v) is 5.63. The highest BCUT2D eigenvalue weighted by Crippen LogP contribution is 2.38. The van der Waals surface area contributed by atoms with E-state index in [9.17, 15) is 5.11 Å². The summed E-state index contributed by atoms with van der Waals surface area (Å²) >= 11 is 7.48. The Morgan fingerprint density at radius 2 is 1.77 bits per heavy atom. The fourth-order valence-electron chi connectivity index (χ4n) is 4.67. The first-order valence-electron chi connectivity index (χ1n) is 10.6. The summed E-state index contributed by atoms with van der Waals surface area (Å²) in [5.41, 5.74) is 8.16. The van der Waals surface area contributed by atoms with Crippen LogP contribution in [0.3, 0.4) is 0 Å². The fraction of sp³-hybridized carbons (Fsp3) is 0.435. The molecule has 30 heavy (non-hydrogen) atoms. The van der Waals surface area contributed by atoms with Crippen molar-refractivity contribution in [1.29, 1.82) is 0 Å². The van der Waals surface area contributed by atoms with Gasteiger partial charge in [-0.05, 0) is 79.6 Å². The van der Waals surface area contributed by atoms with E-state index in [4.69, 9.17) is 4.98 Å². The van der Waals surface area contributed by atoms with Crippen LogP contribution in [0.4, 0.5) is 5.69 Å². The zero-order valence-electron chi connectivity index (χ0n) is 18.1. The van der Waals surface area contributed by atoms with Crippen LogP contribution >= 0.6 is 31.9 Å². The minimum absolute atomic E-state index is 0.297. The number of hydrogen-bond acceptors (Lipinski definition) is 3. The van der Waals surface area contributed by atoms with Crippen LogP contribution in [0.15, 0.2) is 27.1 Å². The Kier molecular flexibility index (Phi) is 6.34. The molecule has 0 spiro atoms. The summed E-state index contributed by atoms with van der Waals surface area (Å²) in [6, 6.07) is 6.57. The maximum absolute atomic E-state index is 9.28. The van der Waals surface area contributed by atoms with Crippen molar-refractivity contribution < 1.29 is 5.11 Å². The van der Waals surface area contributed by atoms with Crippen molar-refractivity contribution in [2.24, 2.45) is 5.92 Å². The molecule has 0 bridgehead atoms. The highest BCUT2D eigenvalue weighted by molar-refractivity contribution is 9.11. The predicted molar refractivity (Wildman–Crippen MR) is 135 cm³/mol. The third kappa shape index (κ3) is 3.85. The van der Waals surface area contributed by atoms with Crippen LogP contribution in [-0.4, -0.2) is 42.2 Å². The summed E-state index contributed by atoms with van der Waals surface area (Å²) in [6.45, 7) is 8.85. The quantitative estimate of drug-likeness (QED) is 0.508. The normalized spacial score (nSPS) is 15.3. The Labute approximate surface area is 196 Å². The first-order valence-corrected chi connectivity index (χ1v) is 12.2. The van der Waals surface area contributed by atoms with E-state index in [0.717, 1.165) is 58.3 Å². The number of aromatic nitrogens is 2. The third-order valence-corrected chi connectivity index (χ3v) is 8.02. The zero-order valence-corrected chi connectivity index (χ0v) is 21.3. The second-order valence-electron chi connectivity index (χ2n) is 8.52. The van der Waals surface area contributed by atoms with E-state index in [-0.39, 0.29) is 0 Å². The van der Waals surface area contributed by atoms with Crippen molar-refractivity contribution in [2.75, 3.05) is 24.6 Å². The Morgan fingerprint density at radius 1 is 1.07 bits per heavy atom. The molecule has 0 saturated carbocycles. The smallest absolute Gasteiger partial charge is 0.147 e. The maximum Gasteiger partial charge on any atom is 0.147 e. The van der Waals surface area contributed by atoms with E-state index in [1.165, 1.54) is 27.8 Å². The van der Waals surface area contributed by atoms with E-state index >= 15 is 0 Å². The van der Waals surface area contributed by atoms with Crippen LogP contribution in [0.25, 0.3) is 16.7 Å². The minimum atomic E-state index is 0.297. The molecule has 1 fully saturated rings. The van der Waals surface area contributed by atoms with E-state index in [2.05, 4.69) is 88.1 Å². The SMILES string of the molecule is Bc1cc(Br)c(-n2c(C)c(C)c3c(N4CCC(CCO)CC4)cc(C)nc32)cc1Br. The second kappa shape index (κ2) is 8.68. The molecule has 7 heteroatoms. The summed E-state index contributed by atoms with van der Waals surface area (Å²) in [5, 5.41) is 10.5. The third-order valence-electron chi connectivity index (χ3n) is 6.53. The largest absolute Gasteiger partial charge is 0.396 e. The van der Waals surface area contributed by atoms with Gasteiger partial charge >= 0.3 is 0 Å². The van der Waals surface area contributed by atoms with Crippen molar-refractivity contribution in [3.05, 3.63) is 44.1 Å². The van der Waals surface area contributed by atoms with Gasteiger partial charge in [-0.2, -0.15) is 0 Å². The van der Waals surface area contributed by atoms with Crippen molar-refractivity contribution in [1.82, 2.24) is 9.55 Å². The first kappa shape index (κ1) is 21.9. The molecular formula is C23H28BBr2N3O. The molecule has 0 atom stereocenters. The average Bonchev–Trinajstić information content (AvgIpc) is 2.95. The number of nitrogens with zero attached hydrogens (tertiary/aromatic N) is 3. The molecule has 1 aliphatic rings. The number of piperidine rings is 1. The van der Waals surface area contributed by atoms with E-state index in [0.29, 0.717) is 12.5 Å². The van der Waals surface area contributed by atoms with Gasteiger partial charge in [-0.3, -0.25) is 4.57 Å². The van der Waals surface area contributed by atoms with Crippen LogP contribution in [0.5, 0.6) is 0 Å². The number of fused-ring (bicyclic) bond motifs is 1. The predicted octanol–water partition coefficient (Wildman–Crippen LogP) is 4.33. The van der Waals surface area contributed by atoms with Crippen LogP contribution in [-0.2, 0) is 0 Å². The van der Waals surface area contributed by atoms with Crippen LogP contribution in [0, 0.1) is 26.7 Å². The van der Waals surface area contributed by atoms with Crippen molar-refractivity contribution in [3.8, 4) is 5.69 Å². The molecule has 158 valence electrons.